The van der Waals surface area contributed by atoms with Gasteiger partial charge in [0.15, 0.2) is 0 Å². The van der Waals surface area contributed by atoms with Crippen LogP contribution < -0.4 is 5.32 Å². The van der Waals surface area contributed by atoms with Crippen LogP contribution in [0.1, 0.15) is 31.4 Å². The van der Waals surface area contributed by atoms with E-state index in [4.69, 9.17) is 5.26 Å². The number of rotatable bonds is 3. The number of benzene rings is 1. The van der Waals surface area contributed by atoms with Gasteiger partial charge in [-0.05, 0) is 24.1 Å². The summed E-state index contributed by atoms with van der Waals surface area (Å²) in [7, 11) is 0. The Morgan fingerprint density at radius 1 is 1.53 bits per heavy atom. The Morgan fingerprint density at radius 2 is 2.29 bits per heavy atom. The maximum absolute atomic E-state index is 9.64. The van der Waals surface area contributed by atoms with Gasteiger partial charge in [-0.3, -0.25) is 0 Å². The summed E-state index contributed by atoms with van der Waals surface area (Å²) in [6.45, 7) is 4.89. The monoisotopic (exact) mass is 230 g/mol. The fourth-order valence-corrected chi connectivity index (χ4v) is 2.24. The lowest BCUT2D eigenvalue weighted by molar-refractivity contribution is -0.0729. The van der Waals surface area contributed by atoms with Crippen molar-refractivity contribution in [3.05, 3.63) is 35.4 Å². The molecule has 1 aliphatic rings. The van der Waals surface area contributed by atoms with E-state index in [-0.39, 0.29) is 11.5 Å². The van der Waals surface area contributed by atoms with Crippen molar-refractivity contribution < 1.29 is 5.11 Å². The summed E-state index contributed by atoms with van der Waals surface area (Å²) in [5.41, 5.74) is 1.76. The summed E-state index contributed by atoms with van der Waals surface area (Å²) in [5, 5.41) is 21.9. The topological polar surface area (TPSA) is 56.0 Å². The van der Waals surface area contributed by atoms with Gasteiger partial charge in [-0.15, -0.1) is 0 Å². The third-order valence-electron chi connectivity index (χ3n) is 3.82. The standard InChI is InChI=1S/C14H18N2O/c1-14(2)12(7-13(14)17)16-9-11-5-3-4-10(6-11)8-15/h3-6,12-13,16-17H,7,9H2,1-2H3. The average molecular weight is 230 g/mol. The van der Waals surface area contributed by atoms with Gasteiger partial charge >= 0.3 is 0 Å². The van der Waals surface area contributed by atoms with Crippen LogP contribution in [0, 0.1) is 16.7 Å². The zero-order chi connectivity index (χ0) is 12.5. The van der Waals surface area contributed by atoms with E-state index in [2.05, 4.69) is 25.2 Å². The van der Waals surface area contributed by atoms with Gasteiger partial charge in [0, 0.05) is 18.0 Å². The largest absolute Gasteiger partial charge is 0.392 e. The second-order valence-corrected chi connectivity index (χ2v) is 5.32. The van der Waals surface area contributed by atoms with Gasteiger partial charge in [0.1, 0.15) is 0 Å². The van der Waals surface area contributed by atoms with E-state index >= 15 is 0 Å². The van der Waals surface area contributed by atoms with Crippen molar-refractivity contribution in [3.8, 4) is 6.07 Å². The first kappa shape index (κ1) is 12.1. The van der Waals surface area contributed by atoms with Gasteiger partial charge in [0.2, 0.25) is 0 Å². The predicted octanol–water partition coefficient (Wildman–Crippen LogP) is 1.81. The molecule has 3 heteroatoms. The van der Waals surface area contributed by atoms with Crippen molar-refractivity contribution >= 4 is 0 Å². The van der Waals surface area contributed by atoms with Gasteiger partial charge in [-0.2, -0.15) is 5.26 Å². The summed E-state index contributed by atoms with van der Waals surface area (Å²) in [5.74, 6) is 0. The molecule has 0 saturated heterocycles. The minimum atomic E-state index is -0.203. The highest BCUT2D eigenvalue weighted by Crippen LogP contribution is 2.40. The Labute approximate surface area is 102 Å². The van der Waals surface area contributed by atoms with Gasteiger partial charge in [0.25, 0.3) is 0 Å². The highest BCUT2D eigenvalue weighted by molar-refractivity contribution is 5.32. The first-order valence-electron chi connectivity index (χ1n) is 5.94. The zero-order valence-corrected chi connectivity index (χ0v) is 10.3. The molecular formula is C14H18N2O. The molecule has 2 rings (SSSR count). The number of nitriles is 1. The number of nitrogens with one attached hydrogen (secondary N) is 1. The number of nitrogens with zero attached hydrogens (tertiary/aromatic N) is 1. The maximum atomic E-state index is 9.64. The fourth-order valence-electron chi connectivity index (χ4n) is 2.24. The maximum Gasteiger partial charge on any atom is 0.0991 e. The molecule has 3 nitrogen and oxygen atoms in total. The van der Waals surface area contributed by atoms with E-state index in [1.54, 1.807) is 6.07 Å². The molecule has 0 bridgehead atoms. The summed E-state index contributed by atoms with van der Waals surface area (Å²) in [6.07, 6.45) is 0.607. The summed E-state index contributed by atoms with van der Waals surface area (Å²) in [4.78, 5) is 0. The smallest absolute Gasteiger partial charge is 0.0991 e. The van der Waals surface area contributed by atoms with Crippen molar-refractivity contribution in [2.75, 3.05) is 0 Å². The normalized spacial score (nSPS) is 26.0. The molecule has 1 aliphatic carbocycles. The molecule has 0 amide bonds. The van der Waals surface area contributed by atoms with Gasteiger partial charge in [-0.1, -0.05) is 26.0 Å². The summed E-state index contributed by atoms with van der Waals surface area (Å²) < 4.78 is 0. The Balaban J connectivity index is 1.93. The molecule has 0 aliphatic heterocycles. The van der Waals surface area contributed by atoms with Gasteiger partial charge < -0.3 is 10.4 Å². The molecule has 0 heterocycles. The first-order chi connectivity index (χ1) is 8.04. The third-order valence-corrected chi connectivity index (χ3v) is 3.82. The summed E-state index contributed by atoms with van der Waals surface area (Å²) >= 11 is 0. The molecule has 17 heavy (non-hydrogen) atoms. The lowest BCUT2D eigenvalue weighted by atomic mass is 9.64. The van der Waals surface area contributed by atoms with Crippen LogP contribution in [0.5, 0.6) is 0 Å². The first-order valence-corrected chi connectivity index (χ1v) is 5.94. The van der Waals surface area contributed by atoms with Gasteiger partial charge in [0.05, 0.1) is 17.7 Å². The molecule has 1 aromatic carbocycles. The molecule has 1 saturated carbocycles. The Hall–Kier alpha value is -1.37. The minimum absolute atomic E-state index is 0.0488. The van der Waals surface area contributed by atoms with E-state index in [0.717, 1.165) is 18.5 Å². The van der Waals surface area contributed by atoms with E-state index in [1.807, 2.05) is 18.2 Å². The molecule has 0 radical (unpaired) electrons. The molecule has 1 fully saturated rings. The Kier molecular flexibility index (Phi) is 3.19. The lowest BCUT2D eigenvalue weighted by Gasteiger charge is -2.49. The molecule has 2 unspecified atom stereocenters. The number of aliphatic hydroxyl groups excluding tert-OH is 1. The molecule has 1 aromatic rings. The van der Waals surface area contributed by atoms with Crippen molar-refractivity contribution in [2.24, 2.45) is 5.41 Å². The Bertz CT molecular complexity index is 448. The van der Waals surface area contributed by atoms with E-state index in [0.29, 0.717) is 11.6 Å². The van der Waals surface area contributed by atoms with Crippen LogP contribution in [-0.2, 0) is 6.54 Å². The minimum Gasteiger partial charge on any atom is -0.392 e. The zero-order valence-electron chi connectivity index (χ0n) is 10.3. The molecule has 2 atom stereocenters. The van der Waals surface area contributed by atoms with Crippen LogP contribution >= 0.6 is 0 Å². The van der Waals surface area contributed by atoms with Crippen LogP contribution in [0.25, 0.3) is 0 Å². The van der Waals surface area contributed by atoms with Crippen LogP contribution in [0.2, 0.25) is 0 Å². The van der Waals surface area contributed by atoms with E-state index in [1.165, 1.54) is 0 Å². The quantitative estimate of drug-likeness (QED) is 0.832. The van der Waals surface area contributed by atoms with Crippen molar-refractivity contribution in [1.29, 1.82) is 5.26 Å². The molecule has 2 N–H and O–H groups in total. The predicted molar refractivity (Wildman–Crippen MR) is 66.2 cm³/mol. The highest BCUT2D eigenvalue weighted by atomic mass is 16.3. The molecule has 0 spiro atoms. The van der Waals surface area contributed by atoms with Crippen molar-refractivity contribution in [1.82, 2.24) is 5.32 Å². The second-order valence-electron chi connectivity index (χ2n) is 5.32. The van der Waals surface area contributed by atoms with Crippen LogP contribution in [0.4, 0.5) is 0 Å². The average Bonchev–Trinajstić information content (AvgIpc) is 2.34. The fraction of sp³-hybridized carbons (Fsp3) is 0.500. The SMILES string of the molecule is CC1(C)C(O)CC1NCc1cccc(C#N)c1. The lowest BCUT2D eigenvalue weighted by Crippen LogP contribution is -2.59. The number of hydrogen-bond donors (Lipinski definition) is 2. The van der Waals surface area contributed by atoms with Crippen LogP contribution in [0.15, 0.2) is 24.3 Å². The second kappa shape index (κ2) is 4.48. The number of aliphatic hydroxyl groups is 1. The molecular weight excluding hydrogens is 212 g/mol. The van der Waals surface area contributed by atoms with Crippen molar-refractivity contribution in [3.63, 3.8) is 0 Å². The highest BCUT2D eigenvalue weighted by Gasteiger charge is 2.46. The number of hydrogen-bond acceptors (Lipinski definition) is 3. The third kappa shape index (κ3) is 2.33. The van der Waals surface area contributed by atoms with Crippen molar-refractivity contribution in [2.45, 2.75) is 39.0 Å². The van der Waals surface area contributed by atoms with Crippen LogP contribution in [-0.4, -0.2) is 17.3 Å². The molecule has 0 aromatic heterocycles. The Morgan fingerprint density at radius 3 is 2.88 bits per heavy atom. The van der Waals surface area contributed by atoms with Gasteiger partial charge in [-0.25, -0.2) is 0 Å². The van der Waals surface area contributed by atoms with E-state index < -0.39 is 0 Å². The van der Waals surface area contributed by atoms with Crippen LogP contribution in [0.3, 0.4) is 0 Å². The summed E-state index contributed by atoms with van der Waals surface area (Å²) in [6, 6.07) is 10.1. The van der Waals surface area contributed by atoms with E-state index in [9.17, 15) is 5.11 Å². The molecule has 90 valence electrons.